The average Bonchev–Trinajstić information content (AvgIpc) is 3.11. The molecule has 1 aliphatic rings. The Morgan fingerprint density at radius 2 is 1.73 bits per heavy atom. The molecule has 8 nitrogen and oxygen atoms in total. The van der Waals surface area contributed by atoms with Gasteiger partial charge in [0.2, 0.25) is 0 Å². The molecule has 1 fully saturated rings. The fourth-order valence-corrected chi connectivity index (χ4v) is 5.23. The summed E-state index contributed by atoms with van der Waals surface area (Å²) in [7, 11) is -1.69. The Balaban J connectivity index is 1.19. The number of piperazine rings is 1. The van der Waals surface area contributed by atoms with Crippen molar-refractivity contribution in [3.8, 4) is 0 Å². The second-order valence-corrected chi connectivity index (χ2v) is 10.0. The van der Waals surface area contributed by atoms with E-state index in [0.29, 0.717) is 6.54 Å². The van der Waals surface area contributed by atoms with Crippen molar-refractivity contribution in [3.05, 3.63) is 60.4 Å². The number of nitrogens with zero attached hydrogens (tertiary/aromatic N) is 5. The smallest absolute Gasteiger partial charge is 0.297 e. The molecule has 4 aromatic rings. The van der Waals surface area contributed by atoms with Gasteiger partial charge in [0.25, 0.3) is 10.1 Å². The molecule has 4 heterocycles. The molecule has 0 bridgehead atoms. The summed E-state index contributed by atoms with van der Waals surface area (Å²) >= 11 is 0. The number of hydrogen-bond donors (Lipinski definition) is 0. The summed E-state index contributed by atoms with van der Waals surface area (Å²) in [5.74, 6) is 0.958. The molecule has 0 radical (unpaired) electrons. The second kappa shape index (κ2) is 8.74. The topological polar surface area (TPSA) is 80.6 Å². The van der Waals surface area contributed by atoms with Crippen LogP contribution in [-0.4, -0.2) is 67.2 Å². The van der Waals surface area contributed by atoms with Gasteiger partial charge >= 0.3 is 0 Å². The van der Waals surface area contributed by atoms with Crippen molar-refractivity contribution in [3.63, 3.8) is 0 Å². The van der Waals surface area contributed by atoms with Gasteiger partial charge in [-0.3, -0.25) is 14.1 Å². The van der Waals surface area contributed by atoms with Crippen LogP contribution in [0.4, 0.5) is 5.82 Å². The zero-order valence-corrected chi connectivity index (χ0v) is 19.6. The predicted molar refractivity (Wildman–Crippen MR) is 129 cm³/mol. The van der Waals surface area contributed by atoms with E-state index in [1.54, 1.807) is 30.5 Å². The Hall–Kier alpha value is -3.01. The minimum Gasteiger partial charge on any atom is -0.354 e. The Kier molecular flexibility index (Phi) is 5.77. The van der Waals surface area contributed by atoms with Crippen molar-refractivity contribution in [2.45, 2.75) is 11.8 Å². The van der Waals surface area contributed by atoms with Crippen LogP contribution in [0.2, 0.25) is 0 Å². The van der Waals surface area contributed by atoms with Gasteiger partial charge < -0.3 is 9.47 Å². The molecule has 0 spiro atoms. The van der Waals surface area contributed by atoms with E-state index in [-0.39, 0.29) is 11.5 Å². The molecule has 9 heteroatoms. The third kappa shape index (κ3) is 4.31. The molecule has 3 aromatic heterocycles. The summed E-state index contributed by atoms with van der Waals surface area (Å²) < 4.78 is 32.1. The van der Waals surface area contributed by atoms with E-state index in [9.17, 15) is 8.42 Å². The molecule has 5 rings (SSSR count). The molecular formula is C24H27N5O3S. The summed E-state index contributed by atoms with van der Waals surface area (Å²) in [5.41, 5.74) is 3.08. The predicted octanol–water partition coefficient (Wildman–Crippen LogP) is 2.96. The SMILES string of the molecule is Cc1ccc(S(=O)(=O)OCCN2CCN(c3ccc4c5cnccc5n(C)c4n3)CC2)cc1. The van der Waals surface area contributed by atoms with Crippen molar-refractivity contribution in [2.24, 2.45) is 7.05 Å². The first kappa shape index (κ1) is 21.8. The summed E-state index contributed by atoms with van der Waals surface area (Å²) in [6, 6.07) is 12.9. The fraction of sp³-hybridized carbons (Fsp3) is 0.333. The van der Waals surface area contributed by atoms with Gasteiger partial charge in [0.1, 0.15) is 11.5 Å². The highest BCUT2D eigenvalue weighted by atomic mass is 32.2. The third-order valence-corrected chi connectivity index (χ3v) is 7.61. The molecule has 172 valence electrons. The summed E-state index contributed by atoms with van der Waals surface area (Å²) in [5, 5.41) is 2.22. The maximum Gasteiger partial charge on any atom is 0.297 e. The number of aryl methyl sites for hydroxylation is 2. The number of anilines is 1. The number of aromatic nitrogens is 3. The molecule has 0 atom stereocenters. The third-order valence-electron chi connectivity index (χ3n) is 6.28. The van der Waals surface area contributed by atoms with Gasteiger partial charge in [0.15, 0.2) is 0 Å². The highest BCUT2D eigenvalue weighted by Crippen LogP contribution is 2.28. The normalized spacial score (nSPS) is 15.5. The first-order valence-corrected chi connectivity index (χ1v) is 12.5. The van der Waals surface area contributed by atoms with Gasteiger partial charge in [-0.1, -0.05) is 17.7 Å². The minimum atomic E-state index is -3.72. The lowest BCUT2D eigenvalue weighted by Gasteiger charge is -2.35. The van der Waals surface area contributed by atoms with Crippen molar-refractivity contribution < 1.29 is 12.6 Å². The van der Waals surface area contributed by atoms with Crippen LogP contribution < -0.4 is 4.90 Å². The lowest BCUT2D eigenvalue weighted by Crippen LogP contribution is -2.47. The number of pyridine rings is 2. The molecule has 0 unspecified atom stereocenters. The average molecular weight is 466 g/mol. The van der Waals surface area contributed by atoms with Gasteiger partial charge in [0.05, 0.1) is 17.0 Å². The monoisotopic (exact) mass is 465 g/mol. The highest BCUT2D eigenvalue weighted by molar-refractivity contribution is 7.86. The molecule has 0 amide bonds. The van der Waals surface area contributed by atoms with Crippen LogP contribution in [0.15, 0.2) is 59.8 Å². The van der Waals surface area contributed by atoms with E-state index in [0.717, 1.165) is 59.5 Å². The van der Waals surface area contributed by atoms with Crippen LogP contribution in [0.3, 0.4) is 0 Å². The molecule has 33 heavy (non-hydrogen) atoms. The second-order valence-electron chi connectivity index (χ2n) is 8.41. The van der Waals surface area contributed by atoms with Crippen LogP contribution in [0.1, 0.15) is 5.56 Å². The van der Waals surface area contributed by atoms with E-state index in [2.05, 4.69) is 31.5 Å². The Bertz CT molecular complexity index is 1390. The van der Waals surface area contributed by atoms with Crippen LogP contribution >= 0.6 is 0 Å². The van der Waals surface area contributed by atoms with Crippen molar-refractivity contribution in [1.82, 2.24) is 19.4 Å². The summed E-state index contributed by atoms with van der Waals surface area (Å²) in [4.78, 5) is 13.9. The number of rotatable bonds is 6. The van der Waals surface area contributed by atoms with Gasteiger partial charge in [-0.15, -0.1) is 0 Å². The van der Waals surface area contributed by atoms with Crippen LogP contribution in [0, 0.1) is 6.92 Å². The van der Waals surface area contributed by atoms with Crippen molar-refractivity contribution in [2.75, 3.05) is 44.2 Å². The maximum absolute atomic E-state index is 12.4. The molecule has 0 aliphatic carbocycles. The Morgan fingerprint density at radius 3 is 2.48 bits per heavy atom. The van der Waals surface area contributed by atoms with Gasteiger partial charge in [-0.05, 0) is 37.3 Å². The Labute approximate surface area is 193 Å². The molecule has 0 N–H and O–H groups in total. The molecule has 0 saturated carbocycles. The Morgan fingerprint density at radius 1 is 0.970 bits per heavy atom. The molecular weight excluding hydrogens is 438 g/mol. The number of fused-ring (bicyclic) bond motifs is 3. The maximum atomic E-state index is 12.4. The molecule has 1 saturated heterocycles. The van der Waals surface area contributed by atoms with E-state index in [1.165, 1.54) is 0 Å². The zero-order chi connectivity index (χ0) is 23.0. The number of hydrogen-bond acceptors (Lipinski definition) is 7. The van der Waals surface area contributed by atoms with Crippen molar-refractivity contribution in [1.29, 1.82) is 0 Å². The summed E-state index contributed by atoms with van der Waals surface area (Å²) in [6.07, 6.45) is 3.69. The van der Waals surface area contributed by atoms with Gasteiger partial charge in [-0.25, -0.2) is 4.98 Å². The molecule has 1 aromatic carbocycles. The van der Waals surface area contributed by atoms with Gasteiger partial charge in [0, 0.05) is 62.9 Å². The molecule has 1 aliphatic heterocycles. The largest absolute Gasteiger partial charge is 0.354 e. The quantitative estimate of drug-likeness (QED) is 0.405. The van der Waals surface area contributed by atoms with E-state index in [4.69, 9.17) is 9.17 Å². The standard InChI is InChI=1S/C24H27N5O3S/c1-18-3-5-19(6-4-18)33(30,31)32-16-15-28-11-13-29(14-12-28)23-8-7-20-21-17-25-10-9-22(21)27(2)24(20)26-23/h3-10,17H,11-16H2,1-2H3. The van der Waals surface area contributed by atoms with Crippen LogP contribution in [0.25, 0.3) is 21.9 Å². The number of benzene rings is 1. The fourth-order valence-electron chi connectivity index (χ4n) is 4.33. The van der Waals surface area contributed by atoms with Crippen molar-refractivity contribution >= 4 is 37.9 Å². The summed E-state index contributed by atoms with van der Waals surface area (Å²) in [6.45, 7) is 5.94. The minimum absolute atomic E-state index is 0.143. The first-order chi connectivity index (χ1) is 15.9. The van der Waals surface area contributed by atoms with Gasteiger partial charge in [-0.2, -0.15) is 8.42 Å². The van der Waals surface area contributed by atoms with E-state index in [1.807, 2.05) is 26.2 Å². The van der Waals surface area contributed by atoms with Crippen LogP contribution in [0.5, 0.6) is 0 Å². The first-order valence-electron chi connectivity index (χ1n) is 11.0. The highest BCUT2D eigenvalue weighted by Gasteiger charge is 2.21. The van der Waals surface area contributed by atoms with E-state index >= 15 is 0 Å². The lowest BCUT2D eigenvalue weighted by molar-refractivity contribution is 0.203. The van der Waals surface area contributed by atoms with E-state index < -0.39 is 10.1 Å². The lowest BCUT2D eigenvalue weighted by atomic mass is 10.2. The zero-order valence-electron chi connectivity index (χ0n) is 18.8. The van der Waals surface area contributed by atoms with Crippen LogP contribution in [-0.2, 0) is 21.3 Å².